The molecule has 0 fully saturated rings. The van der Waals surface area contributed by atoms with E-state index in [1.807, 2.05) is 0 Å². The predicted molar refractivity (Wildman–Crippen MR) is 72.5 cm³/mol. The summed E-state index contributed by atoms with van der Waals surface area (Å²) in [7, 11) is 1.23. The van der Waals surface area contributed by atoms with Gasteiger partial charge in [0, 0.05) is 15.6 Å². The zero-order chi connectivity index (χ0) is 14.0. The maximum Gasteiger partial charge on any atom is 0.337 e. The quantitative estimate of drug-likeness (QED) is 0.856. The summed E-state index contributed by atoms with van der Waals surface area (Å²) in [6.07, 6.45) is 0. The molecule has 0 unspecified atom stereocenters. The summed E-state index contributed by atoms with van der Waals surface area (Å²) >= 11 is 3.21. The average Bonchev–Trinajstić information content (AvgIpc) is 2.38. The highest BCUT2D eigenvalue weighted by atomic mass is 79.9. The first-order valence-corrected chi connectivity index (χ1v) is 6.19. The van der Waals surface area contributed by atoms with E-state index in [0.29, 0.717) is 10.0 Å². The van der Waals surface area contributed by atoms with Gasteiger partial charge in [-0.2, -0.15) is 0 Å². The van der Waals surface area contributed by atoms with Crippen LogP contribution in [0.3, 0.4) is 0 Å². The van der Waals surface area contributed by atoms with Gasteiger partial charge in [-0.15, -0.1) is 0 Å². The molecule has 19 heavy (non-hydrogen) atoms. The van der Waals surface area contributed by atoms with Gasteiger partial charge in [0.2, 0.25) is 0 Å². The van der Waals surface area contributed by atoms with Gasteiger partial charge in [0.25, 0.3) is 0 Å². The van der Waals surface area contributed by atoms with E-state index >= 15 is 0 Å². The molecule has 0 aromatic heterocycles. The lowest BCUT2D eigenvalue weighted by molar-refractivity contribution is 0.0600. The summed E-state index contributed by atoms with van der Waals surface area (Å²) in [6, 6.07) is 8.74. The van der Waals surface area contributed by atoms with Crippen molar-refractivity contribution in [3.63, 3.8) is 0 Å². The molecule has 0 atom stereocenters. The van der Waals surface area contributed by atoms with E-state index in [1.165, 1.54) is 25.3 Å². The maximum atomic E-state index is 14.0. The molecular weight excluding hydrogens is 315 g/mol. The van der Waals surface area contributed by atoms with Crippen LogP contribution in [0.2, 0.25) is 0 Å². The van der Waals surface area contributed by atoms with Gasteiger partial charge in [-0.05, 0) is 30.3 Å². The molecule has 2 aromatic rings. The van der Waals surface area contributed by atoms with Crippen molar-refractivity contribution in [2.45, 2.75) is 0 Å². The number of phenols is 1. The third-order valence-electron chi connectivity index (χ3n) is 2.64. The molecule has 0 heterocycles. The molecule has 2 aromatic carbocycles. The van der Waals surface area contributed by atoms with E-state index in [4.69, 9.17) is 0 Å². The second-order valence-corrected chi connectivity index (χ2v) is 4.76. The minimum Gasteiger partial charge on any atom is -0.507 e. The van der Waals surface area contributed by atoms with Crippen LogP contribution in [0.1, 0.15) is 10.4 Å². The summed E-state index contributed by atoms with van der Waals surface area (Å²) in [5.74, 6) is -1.25. The first-order valence-electron chi connectivity index (χ1n) is 5.39. The standard InChI is InChI=1S/C14H10BrFO3/c1-19-14(18)8-2-4-10(12(16)6-8)11-5-3-9(15)7-13(11)17/h2-7,17H,1H3. The van der Waals surface area contributed by atoms with Crippen molar-refractivity contribution >= 4 is 21.9 Å². The molecule has 5 heteroatoms. The molecule has 3 nitrogen and oxygen atoms in total. The zero-order valence-corrected chi connectivity index (χ0v) is 11.6. The highest BCUT2D eigenvalue weighted by molar-refractivity contribution is 9.10. The number of methoxy groups -OCH3 is 1. The number of carbonyl (C=O) groups is 1. The molecule has 2 rings (SSSR count). The molecule has 0 radical (unpaired) electrons. The summed E-state index contributed by atoms with van der Waals surface area (Å²) < 4.78 is 19.2. The molecule has 1 N–H and O–H groups in total. The number of ether oxygens (including phenoxy) is 1. The van der Waals surface area contributed by atoms with Crippen molar-refractivity contribution in [2.75, 3.05) is 7.11 Å². The van der Waals surface area contributed by atoms with Crippen LogP contribution in [0.4, 0.5) is 4.39 Å². The van der Waals surface area contributed by atoms with Gasteiger partial charge in [0.15, 0.2) is 0 Å². The number of hydrogen-bond acceptors (Lipinski definition) is 3. The van der Waals surface area contributed by atoms with Crippen LogP contribution in [0.5, 0.6) is 5.75 Å². The lowest BCUT2D eigenvalue weighted by atomic mass is 10.0. The minimum atomic E-state index is -0.606. The van der Waals surface area contributed by atoms with Crippen molar-refractivity contribution in [2.24, 2.45) is 0 Å². The number of carbonyl (C=O) groups excluding carboxylic acids is 1. The van der Waals surface area contributed by atoms with Crippen molar-refractivity contribution in [3.8, 4) is 16.9 Å². The van der Waals surface area contributed by atoms with Crippen LogP contribution in [0, 0.1) is 5.82 Å². The number of phenolic OH excluding ortho intramolecular Hbond substituents is 1. The monoisotopic (exact) mass is 324 g/mol. The van der Waals surface area contributed by atoms with Crippen LogP contribution in [-0.4, -0.2) is 18.2 Å². The normalized spacial score (nSPS) is 10.3. The van der Waals surface area contributed by atoms with Gasteiger partial charge < -0.3 is 9.84 Å². The van der Waals surface area contributed by atoms with Crippen molar-refractivity contribution in [3.05, 3.63) is 52.3 Å². The highest BCUT2D eigenvalue weighted by Gasteiger charge is 2.13. The third kappa shape index (κ3) is 2.76. The molecule has 0 saturated heterocycles. The Balaban J connectivity index is 2.49. The predicted octanol–water partition coefficient (Wildman–Crippen LogP) is 3.75. The van der Waals surface area contributed by atoms with Crippen molar-refractivity contribution in [1.29, 1.82) is 0 Å². The number of hydrogen-bond donors (Lipinski definition) is 1. The lowest BCUT2D eigenvalue weighted by Crippen LogP contribution is -2.02. The Labute approximate surface area is 117 Å². The van der Waals surface area contributed by atoms with Gasteiger partial charge in [-0.3, -0.25) is 0 Å². The molecule has 0 saturated carbocycles. The van der Waals surface area contributed by atoms with Gasteiger partial charge in [-0.25, -0.2) is 9.18 Å². The fraction of sp³-hybridized carbons (Fsp3) is 0.0714. The SMILES string of the molecule is COC(=O)c1ccc(-c2ccc(Br)cc2O)c(F)c1. The number of rotatable bonds is 2. The Hall–Kier alpha value is -1.88. The first-order chi connectivity index (χ1) is 9.02. The molecule has 98 valence electrons. The Morgan fingerprint density at radius 3 is 2.47 bits per heavy atom. The molecule has 0 aliphatic carbocycles. The topological polar surface area (TPSA) is 46.5 Å². The first kappa shape index (κ1) is 13.5. The number of halogens is 2. The molecule has 0 bridgehead atoms. The van der Waals surface area contributed by atoms with Crippen molar-refractivity contribution < 1.29 is 19.0 Å². The largest absolute Gasteiger partial charge is 0.507 e. The molecular formula is C14H10BrFO3. The second kappa shape index (κ2) is 5.40. The van der Waals surface area contributed by atoms with Gasteiger partial charge >= 0.3 is 5.97 Å². The van der Waals surface area contributed by atoms with Gasteiger partial charge in [-0.1, -0.05) is 22.0 Å². The van der Waals surface area contributed by atoms with Crippen LogP contribution in [0.25, 0.3) is 11.1 Å². The van der Waals surface area contributed by atoms with E-state index < -0.39 is 11.8 Å². The van der Waals surface area contributed by atoms with Gasteiger partial charge in [0.1, 0.15) is 11.6 Å². The van der Waals surface area contributed by atoms with Gasteiger partial charge in [0.05, 0.1) is 12.7 Å². The second-order valence-electron chi connectivity index (χ2n) is 3.85. The van der Waals surface area contributed by atoms with Crippen LogP contribution >= 0.6 is 15.9 Å². The van der Waals surface area contributed by atoms with E-state index in [1.54, 1.807) is 12.1 Å². The molecule has 0 amide bonds. The Bertz CT molecular complexity index is 641. The van der Waals surface area contributed by atoms with Crippen LogP contribution < -0.4 is 0 Å². The van der Waals surface area contributed by atoms with Crippen LogP contribution in [0.15, 0.2) is 40.9 Å². The van der Waals surface area contributed by atoms with E-state index in [2.05, 4.69) is 20.7 Å². The molecule has 0 aliphatic heterocycles. The highest BCUT2D eigenvalue weighted by Crippen LogP contribution is 2.33. The zero-order valence-electron chi connectivity index (χ0n) is 9.98. The Morgan fingerprint density at radius 1 is 1.21 bits per heavy atom. The number of esters is 1. The third-order valence-corrected chi connectivity index (χ3v) is 3.13. The number of aromatic hydroxyl groups is 1. The summed E-state index contributed by atoms with van der Waals surface area (Å²) in [4.78, 5) is 11.3. The minimum absolute atomic E-state index is 0.0425. The summed E-state index contributed by atoms with van der Waals surface area (Å²) in [5, 5.41) is 9.81. The Morgan fingerprint density at radius 2 is 1.89 bits per heavy atom. The Kier molecular flexibility index (Phi) is 3.85. The van der Waals surface area contributed by atoms with Crippen molar-refractivity contribution in [1.82, 2.24) is 0 Å². The van der Waals surface area contributed by atoms with Crippen LogP contribution in [-0.2, 0) is 4.74 Å². The molecule has 0 aliphatic rings. The van der Waals surface area contributed by atoms with E-state index in [9.17, 15) is 14.3 Å². The van der Waals surface area contributed by atoms with E-state index in [-0.39, 0.29) is 16.9 Å². The lowest BCUT2D eigenvalue weighted by Gasteiger charge is -2.08. The summed E-state index contributed by atoms with van der Waals surface area (Å²) in [6.45, 7) is 0. The average molecular weight is 325 g/mol. The van der Waals surface area contributed by atoms with E-state index in [0.717, 1.165) is 6.07 Å². The number of benzene rings is 2. The summed E-state index contributed by atoms with van der Waals surface area (Å²) in [5.41, 5.74) is 0.704. The maximum absolute atomic E-state index is 14.0. The molecule has 0 spiro atoms. The smallest absolute Gasteiger partial charge is 0.337 e. The fourth-order valence-electron chi connectivity index (χ4n) is 1.71. The fourth-order valence-corrected chi connectivity index (χ4v) is 2.06.